The summed E-state index contributed by atoms with van der Waals surface area (Å²) in [7, 11) is 0. The minimum atomic E-state index is 0.196. The summed E-state index contributed by atoms with van der Waals surface area (Å²) in [4.78, 5) is 0. The highest BCUT2D eigenvalue weighted by Gasteiger charge is 2.68. The molecule has 1 heterocycles. The molecular weight excluding hydrogens is 248 g/mol. The smallest absolute Gasteiger partial charge is 0.0685 e. The van der Waals surface area contributed by atoms with Crippen LogP contribution < -0.4 is 11.3 Å². The lowest BCUT2D eigenvalue weighted by atomic mass is 9.78. The van der Waals surface area contributed by atoms with E-state index in [1.165, 1.54) is 38.5 Å². The molecule has 0 amide bonds. The van der Waals surface area contributed by atoms with Gasteiger partial charge in [-0.3, -0.25) is 11.3 Å². The van der Waals surface area contributed by atoms with E-state index in [-0.39, 0.29) is 5.60 Å². The number of nitrogens with two attached hydrogens (primary N) is 1. The summed E-state index contributed by atoms with van der Waals surface area (Å²) >= 11 is 0. The molecule has 20 heavy (non-hydrogen) atoms. The molecular formula is C17H32N2O. The van der Waals surface area contributed by atoms with Crippen LogP contribution in [0.15, 0.2) is 0 Å². The predicted molar refractivity (Wildman–Crippen MR) is 82.0 cm³/mol. The molecule has 0 aromatic rings. The van der Waals surface area contributed by atoms with E-state index in [4.69, 9.17) is 10.6 Å². The van der Waals surface area contributed by atoms with Crippen LogP contribution in [0.4, 0.5) is 0 Å². The van der Waals surface area contributed by atoms with Crippen LogP contribution in [0, 0.1) is 22.7 Å². The van der Waals surface area contributed by atoms with Crippen LogP contribution in [0.5, 0.6) is 0 Å². The summed E-state index contributed by atoms with van der Waals surface area (Å²) in [5.74, 6) is 7.34. The number of hydrogen-bond acceptors (Lipinski definition) is 3. The quantitative estimate of drug-likeness (QED) is 0.616. The average Bonchev–Trinajstić information content (AvgIpc) is 2.71. The lowest BCUT2D eigenvalue weighted by molar-refractivity contribution is -0.0999. The standard InChI is InChI=1S/C17H32N2O/c1-15(2)14(16(15,3)4)13(19-18)12-7-10-20-17(11-12)8-5-6-9-17/h12-14,19H,5-11,18H2,1-4H3. The third-order valence-electron chi connectivity index (χ3n) is 7.24. The molecule has 3 aliphatic rings. The monoisotopic (exact) mass is 280 g/mol. The van der Waals surface area contributed by atoms with Crippen molar-refractivity contribution in [3.63, 3.8) is 0 Å². The summed E-state index contributed by atoms with van der Waals surface area (Å²) in [6.07, 6.45) is 7.59. The van der Waals surface area contributed by atoms with Crippen LogP contribution in [0.3, 0.4) is 0 Å². The number of nitrogens with one attached hydrogen (secondary N) is 1. The fraction of sp³-hybridized carbons (Fsp3) is 1.00. The van der Waals surface area contributed by atoms with E-state index in [1.807, 2.05) is 0 Å². The van der Waals surface area contributed by atoms with Gasteiger partial charge in [-0.05, 0) is 48.3 Å². The average molecular weight is 280 g/mol. The van der Waals surface area contributed by atoms with E-state index in [9.17, 15) is 0 Å². The summed E-state index contributed by atoms with van der Waals surface area (Å²) in [5, 5.41) is 0. The molecule has 1 aliphatic heterocycles. The molecule has 3 N–H and O–H groups in total. The zero-order chi connectivity index (χ0) is 14.6. The van der Waals surface area contributed by atoms with E-state index in [2.05, 4.69) is 33.1 Å². The van der Waals surface area contributed by atoms with Gasteiger partial charge in [0.25, 0.3) is 0 Å². The summed E-state index contributed by atoms with van der Waals surface area (Å²) in [6.45, 7) is 10.5. The Labute approximate surface area is 124 Å². The first kappa shape index (κ1) is 14.8. The van der Waals surface area contributed by atoms with Gasteiger partial charge >= 0.3 is 0 Å². The molecule has 2 saturated carbocycles. The molecule has 0 aromatic carbocycles. The molecule has 2 aliphatic carbocycles. The maximum atomic E-state index is 6.19. The van der Waals surface area contributed by atoms with Gasteiger partial charge in [0.15, 0.2) is 0 Å². The second-order valence-corrected chi connectivity index (χ2v) is 8.60. The summed E-state index contributed by atoms with van der Waals surface area (Å²) in [6, 6.07) is 0.446. The molecule has 116 valence electrons. The Hall–Kier alpha value is -0.120. The molecule has 0 radical (unpaired) electrons. The van der Waals surface area contributed by atoms with Crippen LogP contribution in [-0.2, 0) is 4.74 Å². The van der Waals surface area contributed by atoms with Crippen LogP contribution >= 0.6 is 0 Å². The number of rotatable bonds is 3. The lowest BCUT2D eigenvalue weighted by Crippen LogP contribution is -2.50. The van der Waals surface area contributed by atoms with Gasteiger partial charge in [-0.2, -0.15) is 0 Å². The zero-order valence-corrected chi connectivity index (χ0v) is 13.7. The molecule has 2 atom stereocenters. The first-order valence-electron chi connectivity index (χ1n) is 8.44. The first-order chi connectivity index (χ1) is 9.34. The lowest BCUT2D eigenvalue weighted by Gasteiger charge is -2.42. The van der Waals surface area contributed by atoms with Gasteiger partial charge in [-0.1, -0.05) is 40.5 Å². The molecule has 3 nitrogen and oxygen atoms in total. The van der Waals surface area contributed by atoms with Gasteiger partial charge in [0.2, 0.25) is 0 Å². The second kappa shape index (κ2) is 4.69. The molecule has 3 rings (SSSR count). The third kappa shape index (κ3) is 2.05. The van der Waals surface area contributed by atoms with Crippen molar-refractivity contribution in [3.05, 3.63) is 0 Å². The van der Waals surface area contributed by atoms with E-state index >= 15 is 0 Å². The van der Waals surface area contributed by atoms with E-state index in [1.54, 1.807) is 0 Å². The minimum absolute atomic E-state index is 0.196. The largest absolute Gasteiger partial charge is 0.375 e. The molecule has 2 unspecified atom stereocenters. The van der Waals surface area contributed by atoms with Crippen LogP contribution in [0.1, 0.15) is 66.2 Å². The normalized spacial score (nSPS) is 36.1. The van der Waals surface area contributed by atoms with Crippen molar-refractivity contribution in [1.82, 2.24) is 5.43 Å². The minimum Gasteiger partial charge on any atom is -0.375 e. The Kier molecular flexibility index (Phi) is 3.47. The number of hydrazine groups is 1. The topological polar surface area (TPSA) is 47.3 Å². The Morgan fingerprint density at radius 2 is 1.70 bits per heavy atom. The zero-order valence-electron chi connectivity index (χ0n) is 13.7. The summed E-state index contributed by atoms with van der Waals surface area (Å²) in [5.41, 5.74) is 4.18. The predicted octanol–water partition coefficient (Wildman–Crippen LogP) is 3.24. The molecule has 3 heteroatoms. The Morgan fingerprint density at radius 3 is 2.20 bits per heavy atom. The highest BCUT2D eigenvalue weighted by molar-refractivity contribution is 5.17. The van der Waals surface area contributed by atoms with Crippen molar-refractivity contribution in [2.75, 3.05) is 6.61 Å². The highest BCUT2D eigenvalue weighted by atomic mass is 16.5. The van der Waals surface area contributed by atoms with Gasteiger partial charge in [0, 0.05) is 12.6 Å². The van der Waals surface area contributed by atoms with E-state index < -0.39 is 0 Å². The second-order valence-electron chi connectivity index (χ2n) is 8.60. The van der Waals surface area contributed by atoms with Gasteiger partial charge in [-0.25, -0.2) is 0 Å². The van der Waals surface area contributed by atoms with Crippen molar-refractivity contribution in [3.8, 4) is 0 Å². The third-order valence-corrected chi connectivity index (χ3v) is 7.24. The van der Waals surface area contributed by atoms with Gasteiger partial charge < -0.3 is 4.74 Å². The Bertz CT molecular complexity index is 357. The van der Waals surface area contributed by atoms with E-state index in [0.717, 1.165) is 6.61 Å². The van der Waals surface area contributed by atoms with Crippen molar-refractivity contribution in [2.45, 2.75) is 77.9 Å². The van der Waals surface area contributed by atoms with Gasteiger partial charge in [-0.15, -0.1) is 0 Å². The van der Waals surface area contributed by atoms with Crippen molar-refractivity contribution in [1.29, 1.82) is 0 Å². The molecule has 1 saturated heterocycles. The number of ether oxygens (including phenoxy) is 1. The maximum absolute atomic E-state index is 6.19. The first-order valence-corrected chi connectivity index (χ1v) is 8.44. The molecule has 3 fully saturated rings. The van der Waals surface area contributed by atoms with Crippen LogP contribution in [0.2, 0.25) is 0 Å². The fourth-order valence-electron chi connectivity index (χ4n) is 5.39. The van der Waals surface area contributed by atoms with Crippen molar-refractivity contribution >= 4 is 0 Å². The fourth-order valence-corrected chi connectivity index (χ4v) is 5.39. The Morgan fingerprint density at radius 1 is 1.10 bits per heavy atom. The van der Waals surface area contributed by atoms with Crippen LogP contribution in [-0.4, -0.2) is 18.2 Å². The maximum Gasteiger partial charge on any atom is 0.0685 e. The summed E-state index contributed by atoms with van der Waals surface area (Å²) < 4.78 is 6.19. The van der Waals surface area contributed by atoms with E-state index in [0.29, 0.717) is 28.7 Å². The van der Waals surface area contributed by atoms with Crippen molar-refractivity contribution < 1.29 is 4.74 Å². The SMILES string of the molecule is CC1(C)C(C(NN)C2CCOC3(CCCC3)C2)C1(C)C. The molecule has 0 bridgehead atoms. The van der Waals surface area contributed by atoms with Gasteiger partial charge in [0.1, 0.15) is 0 Å². The molecule has 1 spiro atoms. The Balaban J connectivity index is 1.74. The highest BCUT2D eigenvalue weighted by Crippen LogP contribution is 2.70. The van der Waals surface area contributed by atoms with Gasteiger partial charge in [0.05, 0.1) is 5.60 Å². The number of hydrogen-bond donors (Lipinski definition) is 2. The van der Waals surface area contributed by atoms with Crippen molar-refractivity contribution in [2.24, 2.45) is 28.5 Å². The molecule has 0 aromatic heterocycles. The van der Waals surface area contributed by atoms with Crippen LogP contribution in [0.25, 0.3) is 0 Å².